The summed E-state index contributed by atoms with van der Waals surface area (Å²) >= 11 is 0. The first-order chi connectivity index (χ1) is 34.8. The zero-order valence-corrected chi connectivity index (χ0v) is 38.7. The summed E-state index contributed by atoms with van der Waals surface area (Å²) in [5.41, 5.74) is 2.95. The van der Waals surface area contributed by atoms with Crippen molar-refractivity contribution >= 4 is 40.6 Å². The normalized spacial score (nSPS) is 21.3. The van der Waals surface area contributed by atoms with E-state index < -0.39 is 59.4 Å². The Morgan fingerprint density at radius 1 is 0.817 bits per heavy atom. The Kier molecular flexibility index (Phi) is 13.4. The number of aromatic nitrogens is 4. The Balaban J connectivity index is 1.22. The van der Waals surface area contributed by atoms with E-state index in [4.69, 9.17) is 18.9 Å². The number of methoxy groups -OCH3 is 1. The number of rotatable bonds is 14. The highest BCUT2D eigenvalue weighted by atomic mass is 16.6. The van der Waals surface area contributed by atoms with E-state index in [-0.39, 0.29) is 50.8 Å². The second-order valence-corrected chi connectivity index (χ2v) is 17.3. The number of para-hydroxylation sites is 1. The summed E-state index contributed by atoms with van der Waals surface area (Å²) in [6.07, 6.45) is 0.0742. The van der Waals surface area contributed by atoms with Crippen molar-refractivity contribution in [3.63, 3.8) is 0 Å². The number of anilines is 1. The fraction of sp³-hybridized carbons (Fsp3) is 0.255. The number of ether oxygens (including phenoxy) is 4. The maximum Gasteiger partial charge on any atom is 0.421 e. The van der Waals surface area contributed by atoms with Crippen LogP contribution in [0.5, 0.6) is 5.75 Å². The molecule has 5 heterocycles. The average molecular weight is 952 g/mol. The van der Waals surface area contributed by atoms with Gasteiger partial charge in [0.1, 0.15) is 48.6 Å². The third-order valence-electron chi connectivity index (χ3n) is 13.3. The molecule has 7 aromatic rings. The van der Waals surface area contributed by atoms with Crippen molar-refractivity contribution in [1.82, 2.24) is 30.2 Å². The van der Waals surface area contributed by atoms with Gasteiger partial charge in [-0.3, -0.25) is 24.3 Å². The number of aliphatic hydroxyl groups is 1. The van der Waals surface area contributed by atoms with E-state index >= 15 is 14.4 Å². The third kappa shape index (κ3) is 8.64. The summed E-state index contributed by atoms with van der Waals surface area (Å²) in [7, 11) is 1.47. The molecule has 2 N–H and O–H groups in total. The number of pyridine rings is 1. The van der Waals surface area contributed by atoms with E-state index in [1.807, 2.05) is 108 Å². The first-order valence-electron chi connectivity index (χ1n) is 23.3. The van der Waals surface area contributed by atoms with Gasteiger partial charge < -0.3 is 29.4 Å². The monoisotopic (exact) mass is 951 g/mol. The number of cyclic esters (lactones) is 1. The summed E-state index contributed by atoms with van der Waals surface area (Å²) in [6.45, 7) is -0.157. The highest BCUT2D eigenvalue weighted by Gasteiger charge is 2.75. The minimum atomic E-state index is -2.07. The number of amides is 3. The van der Waals surface area contributed by atoms with Crippen LogP contribution in [-0.2, 0) is 47.0 Å². The zero-order chi connectivity index (χ0) is 48.9. The number of benzene rings is 5. The summed E-state index contributed by atoms with van der Waals surface area (Å²) < 4.78 is 25.2. The summed E-state index contributed by atoms with van der Waals surface area (Å²) in [5.74, 6) is 3.11. The van der Waals surface area contributed by atoms with Gasteiger partial charge in [-0.1, -0.05) is 108 Å². The number of nitrogens with one attached hydrogen (secondary N) is 1. The van der Waals surface area contributed by atoms with Gasteiger partial charge in [-0.15, -0.1) is 5.10 Å². The zero-order valence-electron chi connectivity index (χ0n) is 38.7. The van der Waals surface area contributed by atoms with Gasteiger partial charge in [0.15, 0.2) is 0 Å². The number of nitrogens with zero attached hydrogens (tertiary/aromatic N) is 6. The lowest BCUT2D eigenvalue weighted by Crippen LogP contribution is -2.56. The van der Waals surface area contributed by atoms with Crippen molar-refractivity contribution in [3.8, 4) is 17.6 Å². The summed E-state index contributed by atoms with van der Waals surface area (Å²) in [5, 5.41) is 21.5. The van der Waals surface area contributed by atoms with Crippen LogP contribution >= 0.6 is 0 Å². The molecule has 3 aliphatic rings. The Morgan fingerprint density at radius 3 is 2.35 bits per heavy atom. The lowest BCUT2D eigenvalue weighted by atomic mass is 9.65. The molecule has 358 valence electrons. The molecular weight excluding hydrogens is 903 g/mol. The van der Waals surface area contributed by atoms with E-state index in [0.29, 0.717) is 34.4 Å². The van der Waals surface area contributed by atoms with Crippen LogP contribution in [0.3, 0.4) is 0 Å². The molecule has 3 aliphatic heterocycles. The highest BCUT2D eigenvalue weighted by Crippen LogP contribution is 2.66. The minimum absolute atomic E-state index is 0.0305. The molecule has 10 rings (SSSR count). The molecule has 1 spiro atoms. The number of hydrogen-bond acceptors (Lipinski definition) is 13. The van der Waals surface area contributed by atoms with Crippen molar-refractivity contribution in [2.45, 2.75) is 42.6 Å². The predicted octanol–water partition coefficient (Wildman–Crippen LogP) is 6.06. The SMILES string of the molecule is COCCOC(=O)N1C(=O)[C@@]2(c3cc(C#CCn4nnc5ccccc54)ccc31)[C@H](c1cccc(OCCO)c1)N1[C@H](c3ccccc3)[C@H](c3ccccc3)OC(=O)[C@H]1[C@@H]2C(=O)NCCc1ccccn1. The molecule has 0 bridgehead atoms. The fourth-order valence-corrected chi connectivity index (χ4v) is 10.4. The Morgan fingerprint density at radius 2 is 1.58 bits per heavy atom. The molecule has 2 fully saturated rings. The molecule has 71 heavy (non-hydrogen) atoms. The van der Waals surface area contributed by atoms with Gasteiger partial charge in [0, 0.05) is 37.5 Å². The molecule has 0 aliphatic carbocycles. The molecule has 2 saturated heterocycles. The quantitative estimate of drug-likeness (QED) is 0.0729. The van der Waals surface area contributed by atoms with Gasteiger partial charge in [-0.2, -0.15) is 0 Å². The van der Waals surface area contributed by atoms with Crippen molar-refractivity contribution in [2.75, 3.05) is 45.0 Å². The predicted molar refractivity (Wildman–Crippen MR) is 260 cm³/mol. The molecular formula is C55H49N7O9. The van der Waals surface area contributed by atoms with E-state index in [2.05, 4.69) is 32.5 Å². The van der Waals surface area contributed by atoms with Gasteiger partial charge in [0.25, 0.3) is 0 Å². The lowest BCUT2D eigenvalue weighted by Gasteiger charge is -2.46. The minimum Gasteiger partial charge on any atom is -0.491 e. The van der Waals surface area contributed by atoms with Crippen molar-refractivity contribution in [1.29, 1.82) is 0 Å². The van der Waals surface area contributed by atoms with Crippen LogP contribution in [0.15, 0.2) is 152 Å². The molecule has 2 aromatic heterocycles. The topological polar surface area (TPSA) is 188 Å². The number of carbonyl (C=O) groups excluding carboxylic acids is 4. The number of hydrogen-bond donors (Lipinski definition) is 2. The molecule has 6 atom stereocenters. The molecule has 0 saturated carbocycles. The largest absolute Gasteiger partial charge is 0.491 e. The van der Waals surface area contributed by atoms with E-state index in [1.165, 1.54) is 7.11 Å². The number of morpholine rings is 1. The highest BCUT2D eigenvalue weighted by molar-refractivity contribution is 6.23. The standard InChI is InChI=1S/C55H49N7O9/c1-68-32-33-70-54(67)61-44-25-24-36(14-13-29-60-45-23-9-8-22-43(45)58-59-60)34-42(44)55(53(61)66)46(51(64)57-28-26-40-20-10-11-27-56-40)48-52(65)71-49(38-17-6-3-7-18-38)47(37-15-4-2-5-16-37)62(48)50(55)39-19-12-21-41(35-39)69-31-30-63/h2-12,15-25,27,34-35,46-50,63H,26,28-33H2,1H3,(H,57,64)/t46-,47-,48-,49+,50+,55-/m1/s1. The second kappa shape index (κ2) is 20.4. The first-order valence-corrected chi connectivity index (χ1v) is 23.3. The van der Waals surface area contributed by atoms with Crippen LogP contribution in [0.2, 0.25) is 0 Å². The van der Waals surface area contributed by atoms with Gasteiger partial charge >= 0.3 is 12.1 Å². The maximum atomic E-state index is 16.5. The molecule has 16 heteroatoms. The Labute approximate surface area is 409 Å². The molecule has 16 nitrogen and oxygen atoms in total. The van der Waals surface area contributed by atoms with Crippen LogP contribution in [-0.4, -0.2) is 100.0 Å². The number of esters is 1. The van der Waals surface area contributed by atoms with Crippen LogP contribution in [0.4, 0.5) is 10.5 Å². The fourth-order valence-electron chi connectivity index (χ4n) is 10.4. The third-order valence-corrected chi connectivity index (χ3v) is 13.3. The van der Waals surface area contributed by atoms with Crippen molar-refractivity contribution in [2.24, 2.45) is 5.92 Å². The van der Waals surface area contributed by atoms with Crippen LogP contribution in [0.1, 0.15) is 51.7 Å². The summed E-state index contributed by atoms with van der Waals surface area (Å²) in [4.78, 5) is 69.6. The first kappa shape index (κ1) is 46.5. The van der Waals surface area contributed by atoms with Gasteiger partial charge in [-0.05, 0) is 76.9 Å². The smallest absolute Gasteiger partial charge is 0.421 e. The Hall–Kier alpha value is -8.23. The van der Waals surface area contributed by atoms with Gasteiger partial charge in [-0.25, -0.2) is 14.4 Å². The molecule has 0 unspecified atom stereocenters. The second-order valence-electron chi connectivity index (χ2n) is 17.3. The Bertz CT molecular complexity index is 3140. The maximum absolute atomic E-state index is 16.5. The van der Waals surface area contributed by atoms with Crippen LogP contribution in [0.25, 0.3) is 11.0 Å². The van der Waals surface area contributed by atoms with Crippen molar-refractivity contribution in [3.05, 3.63) is 185 Å². The van der Waals surface area contributed by atoms with Crippen LogP contribution < -0.4 is 15.0 Å². The summed E-state index contributed by atoms with van der Waals surface area (Å²) in [6, 6.07) is 40.6. The van der Waals surface area contributed by atoms with Crippen molar-refractivity contribution < 1.29 is 43.2 Å². The molecule has 0 radical (unpaired) electrons. The van der Waals surface area contributed by atoms with Gasteiger partial charge in [0.05, 0.1) is 42.4 Å². The molecule has 5 aromatic carbocycles. The number of aliphatic hydroxyl groups excluding tert-OH is 1. The van der Waals surface area contributed by atoms with Crippen LogP contribution in [0, 0.1) is 17.8 Å². The van der Waals surface area contributed by atoms with E-state index in [9.17, 15) is 9.90 Å². The number of imide groups is 1. The van der Waals surface area contributed by atoms with Gasteiger partial charge in [0.2, 0.25) is 11.8 Å². The molecule has 3 amide bonds. The van der Waals surface area contributed by atoms with E-state index in [1.54, 1.807) is 53.3 Å². The number of carbonyl (C=O) groups is 4. The lowest BCUT2D eigenvalue weighted by molar-refractivity contribution is -0.178. The average Bonchev–Trinajstić information content (AvgIpc) is 4.05. The number of fused-ring (bicyclic) bond motifs is 4. The van der Waals surface area contributed by atoms with E-state index in [0.717, 1.165) is 21.7 Å².